The molecular weight excluding hydrogens is 250 g/mol. The van der Waals surface area contributed by atoms with Gasteiger partial charge in [-0.05, 0) is 36.8 Å². The van der Waals surface area contributed by atoms with Gasteiger partial charge in [-0.1, -0.05) is 30.3 Å². The first-order chi connectivity index (χ1) is 9.66. The molecule has 1 aromatic heterocycles. The first-order valence-electron chi connectivity index (χ1n) is 6.37. The van der Waals surface area contributed by atoms with Crippen LogP contribution in [0.15, 0.2) is 54.6 Å². The topological polar surface area (TPSA) is 64.1 Å². The molecule has 0 fully saturated rings. The number of phenolic OH excluding ortho intramolecular Hbond substituents is 1. The lowest BCUT2D eigenvalue weighted by Gasteiger charge is -2.05. The highest BCUT2D eigenvalue weighted by molar-refractivity contribution is 5.77. The Morgan fingerprint density at radius 3 is 2.30 bits per heavy atom. The van der Waals surface area contributed by atoms with E-state index in [9.17, 15) is 5.11 Å². The van der Waals surface area contributed by atoms with Gasteiger partial charge in [0.05, 0.1) is 11.4 Å². The van der Waals surface area contributed by atoms with Crippen LogP contribution >= 0.6 is 0 Å². The predicted octanol–water partition coefficient (Wildman–Crippen LogP) is 3.14. The normalized spacial score (nSPS) is 10.7. The van der Waals surface area contributed by atoms with Crippen molar-refractivity contribution in [2.75, 3.05) is 5.73 Å². The number of aryl methyl sites for hydroxylation is 1. The highest BCUT2D eigenvalue weighted by Crippen LogP contribution is 2.31. The van der Waals surface area contributed by atoms with Gasteiger partial charge in [0.15, 0.2) is 0 Å². The van der Waals surface area contributed by atoms with Crippen LogP contribution in [0.1, 0.15) is 5.69 Å². The van der Waals surface area contributed by atoms with E-state index in [0.29, 0.717) is 5.82 Å². The standard InChI is InChI=1S/C16H15N3O/c1-11-15(12-7-9-14(20)10-8-12)16(17)19(18-11)13-5-3-2-4-6-13/h2-10,20H,17H2,1H3. The summed E-state index contributed by atoms with van der Waals surface area (Å²) in [5, 5.41) is 13.9. The van der Waals surface area contributed by atoms with Crippen molar-refractivity contribution in [3.05, 3.63) is 60.3 Å². The van der Waals surface area contributed by atoms with Crippen LogP contribution in [0.25, 0.3) is 16.8 Å². The molecule has 4 nitrogen and oxygen atoms in total. The van der Waals surface area contributed by atoms with Gasteiger partial charge in [-0.3, -0.25) is 0 Å². The van der Waals surface area contributed by atoms with Gasteiger partial charge >= 0.3 is 0 Å². The Labute approximate surface area is 117 Å². The number of rotatable bonds is 2. The van der Waals surface area contributed by atoms with E-state index in [2.05, 4.69) is 5.10 Å². The number of benzene rings is 2. The Hall–Kier alpha value is -2.75. The van der Waals surface area contributed by atoms with Gasteiger partial charge in [-0.15, -0.1) is 0 Å². The second-order valence-corrected chi connectivity index (χ2v) is 4.64. The molecule has 0 saturated carbocycles. The fourth-order valence-electron chi connectivity index (χ4n) is 2.30. The fraction of sp³-hybridized carbons (Fsp3) is 0.0625. The van der Waals surface area contributed by atoms with Crippen LogP contribution in [0.3, 0.4) is 0 Å². The van der Waals surface area contributed by atoms with E-state index in [1.807, 2.05) is 49.4 Å². The van der Waals surface area contributed by atoms with Crippen LogP contribution in [0.5, 0.6) is 5.75 Å². The number of hydrogen-bond donors (Lipinski definition) is 2. The summed E-state index contributed by atoms with van der Waals surface area (Å²) in [6.45, 7) is 1.93. The summed E-state index contributed by atoms with van der Waals surface area (Å²) in [6.07, 6.45) is 0. The maximum atomic E-state index is 9.37. The molecule has 0 aliphatic heterocycles. The molecule has 3 N–H and O–H groups in total. The lowest BCUT2D eigenvalue weighted by atomic mass is 10.1. The van der Waals surface area contributed by atoms with Crippen LogP contribution in [0.4, 0.5) is 5.82 Å². The minimum Gasteiger partial charge on any atom is -0.508 e. The SMILES string of the molecule is Cc1nn(-c2ccccc2)c(N)c1-c1ccc(O)cc1. The smallest absolute Gasteiger partial charge is 0.135 e. The zero-order chi connectivity index (χ0) is 14.1. The van der Waals surface area contributed by atoms with E-state index in [4.69, 9.17) is 5.73 Å². The Bertz CT molecular complexity index is 730. The van der Waals surface area contributed by atoms with Crippen molar-refractivity contribution in [3.63, 3.8) is 0 Å². The first kappa shape index (κ1) is 12.3. The summed E-state index contributed by atoms with van der Waals surface area (Å²) in [7, 11) is 0. The maximum absolute atomic E-state index is 9.37. The Morgan fingerprint density at radius 1 is 1.00 bits per heavy atom. The fourth-order valence-corrected chi connectivity index (χ4v) is 2.30. The highest BCUT2D eigenvalue weighted by Gasteiger charge is 2.15. The van der Waals surface area contributed by atoms with Crippen LogP contribution < -0.4 is 5.73 Å². The van der Waals surface area contributed by atoms with Crippen LogP contribution in [-0.2, 0) is 0 Å². The van der Waals surface area contributed by atoms with Crippen molar-refractivity contribution in [2.45, 2.75) is 6.92 Å². The average molecular weight is 265 g/mol. The molecule has 0 radical (unpaired) electrons. The van der Waals surface area contributed by atoms with E-state index in [1.165, 1.54) is 0 Å². The second kappa shape index (κ2) is 4.74. The van der Waals surface area contributed by atoms with Crippen LogP contribution in [-0.4, -0.2) is 14.9 Å². The van der Waals surface area contributed by atoms with Crippen molar-refractivity contribution in [2.24, 2.45) is 0 Å². The lowest BCUT2D eigenvalue weighted by Crippen LogP contribution is -2.01. The number of aromatic nitrogens is 2. The third-order valence-electron chi connectivity index (χ3n) is 3.25. The van der Waals surface area contributed by atoms with Crippen molar-refractivity contribution in [1.82, 2.24) is 9.78 Å². The molecule has 0 amide bonds. The van der Waals surface area contributed by atoms with Crippen molar-refractivity contribution >= 4 is 5.82 Å². The Kier molecular flexibility index (Phi) is 2.91. The third kappa shape index (κ3) is 2.01. The highest BCUT2D eigenvalue weighted by atomic mass is 16.3. The molecule has 20 heavy (non-hydrogen) atoms. The number of anilines is 1. The zero-order valence-corrected chi connectivity index (χ0v) is 11.1. The van der Waals surface area contributed by atoms with E-state index >= 15 is 0 Å². The number of aromatic hydroxyl groups is 1. The number of nitrogens with two attached hydrogens (primary N) is 1. The van der Waals surface area contributed by atoms with Gasteiger partial charge in [0.2, 0.25) is 0 Å². The molecule has 0 aliphatic rings. The molecule has 0 unspecified atom stereocenters. The molecule has 0 spiro atoms. The number of hydrogen-bond acceptors (Lipinski definition) is 3. The Balaban J connectivity index is 2.14. The summed E-state index contributed by atoms with van der Waals surface area (Å²) in [5.74, 6) is 0.833. The van der Waals surface area contributed by atoms with Crippen LogP contribution in [0, 0.1) is 6.92 Å². The molecule has 0 atom stereocenters. The molecule has 2 aromatic carbocycles. The van der Waals surface area contributed by atoms with Crippen molar-refractivity contribution < 1.29 is 5.11 Å². The van der Waals surface area contributed by atoms with E-state index in [1.54, 1.807) is 16.8 Å². The second-order valence-electron chi connectivity index (χ2n) is 4.64. The van der Waals surface area contributed by atoms with Gasteiger partial charge in [-0.2, -0.15) is 5.10 Å². The van der Waals surface area contributed by atoms with Crippen LogP contribution in [0.2, 0.25) is 0 Å². The molecule has 100 valence electrons. The average Bonchev–Trinajstić information content (AvgIpc) is 2.76. The van der Waals surface area contributed by atoms with E-state index in [-0.39, 0.29) is 5.75 Å². The summed E-state index contributed by atoms with van der Waals surface area (Å²) >= 11 is 0. The summed E-state index contributed by atoms with van der Waals surface area (Å²) < 4.78 is 1.73. The zero-order valence-electron chi connectivity index (χ0n) is 11.1. The van der Waals surface area contributed by atoms with E-state index in [0.717, 1.165) is 22.5 Å². The lowest BCUT2D eigenvalue weighted by molar-refractivity contribution is 0.475. The van der Waals surface area contributed by atoms with E-state index < -0.39 is 0 Å². The summed E-state index contributed by atoms with van der Waals surface area (Å²) in [4.78, 5) is 0. The summed E-state index contributed by atoms with van der Waals surface area (Å²) in [6, 6.07) is 16.7. The van der Waals surface area contributed by atoms with Gasteiger partial charge in [0.25, 0.3) is 0 Å². The molecule has 1 heterocycles. The van der Waals surface area contributed by atoms with Crippen molar-refractivity contribution in [3.8, 4) is 22.6 Å². The summed E-state index contributed by atoms with van der Waals surface area (Å²) in [5.41, 5.74) is 9.87. The molecule has 0 saturated heterocycles. The van der Waals surface area contributed by atoms with Crippen molar-refractivity contribution in [1.29, 1.82) is 0 Å². The quantitative estimate of drug-likeness (QED) is 0.748. The number of phenols is 1. The first-order valence-corrected chi connectivity index (χ1v) is 6.37. The minimum atomic E-state index is 0.237. The Morgan fingerprint density at radius 2 is 1.65 bits per heavy atom. The third-order valence-corrected chi connectivity index (χ3v) is 3.25. The minimum absolute atomic E-state index is 0.237. The molecule has 0 bridgehead atoms. The predicted molar refractivity (Wildman–Crippen MR) is 79.8 cm³/mol. The molecule has 4 heteroatoms. The van der Waals surface area contributed by atoms with Gasteiger partial charge in [0, 0.05) is 5.56 Å². The number of para-hydroxylation sites is 1. The molecule has 3 rings (SSSR count). The monoisotopic (exact) mass is 265 g/mol. The molecule has 3 aromatic rings. The maximum Gasteiger partial charge on any atom is 0.135 e. The number of nitrogen functional groups attached to an aromatic ring is 1. The largest absolute Gasteiger partial charge is 0.508 e. The number of nitrogens with zero attached hydrogens (tertiary/aromatic N) is 2. The molecule has 0 aliphatic carbocycles. The van der Waals surface area contributed by atoms with Gasteiger partial charge in [-0.25, -0.2) is 4.68 Å². The van der Waals surface area contributed by atoms with Gasteiger partial charge < -0.3 is 10.8 Å². The van der Waals surface area contributed by atoms with Gasteiger partial charge in [0.1, 0.15) is 11.6 Å². The molecular formula is C16H15N3O.